The third-order valence-corrected chi connectivity index (χ3v) is 3.89. The Labute approximate surface area is 93.0 Å². The van der Waals surface area contributed by atoms with Crippen molar-refractivity contribution in [3.05, 3.63) is 0 Å². The Kier molecular flexibility index (Phi) is 4.78. The van der Waals surface area contributed by atoms with Crippen LogP contribution in [0.2, 0.25) is 0 Å². The molecule has 0 spiro atoms. The second-order valence-corrected chi connectivity index (χ2v) is 4.64. The van der Waals surface area contributed by atoms with E-state index >= 15 is 0 Å². The van der Waals surface area contributed by atoms with E-state index < -0.39 is 0 Å². The maximum Gasteiger partial charge on any atom is 0.101 e. The van der Waals surface area contributed by atoms with Crippen molar-refractivity contribution in [1.82, 2.24) is 10.4 Å². The van der Waals surface area contributed by atoms with E-state index in [9.17, 15) is 0 Å². The molecule has 0 aromatic rings. The van der Waals surface area contributed by atoms with Gasteiger partial charge in [0.2, 0.25) is 0 Å². The second-order valence-electron chi connectivity index (χ2n) is 4.64. The summed E-state index contributed by atoms with van der Waals surface area (Å²) in [6, 6.07) is 0. The molecule has 0 aliphatic carbocycles. The fourth-order valence-electron chi connectivity index (χ4n) is 1.75. The summed E-state index contributed by atoms with van der Waals surface area (Å²) in [5, 5.41) is 16.2. The molecule has 0 fully saturated rings. The predicted octanol–water partition coefficient (Wildman–Crippen LogP) is 2.61. The van der Waals surface area contributed by atoms with Crippen LogP contribution in [0.15, 0.2) is 0 Å². The minimum atomic E-state index is -0.166. The Balaban J connectivity index is 5.11. The van der Waals surface area contributed by atoms with Crippen molar-refractivity contribution in [3.63, 3.8) is 0 Å². The zero-order valence-electron chi connectivity index (χ0n) is 10.5. The van der Waals surface area contributed by atoms with E-state index in [2.05, 4.69) is 40.0 Å². The highest BCUT2D eigenvalue weighted by molar-refractivity contribution is 5.58. The first-order chi connectivity index (χ1) is 6.89. The molecular weight excluding hydrogens is 188 g/mol. The third-order valence-electron chi connectivity index (χ3n) is 3.89. The van der Waals surface area contributed by atoms with Crippen molar-refractivity contribution < 1.29 is 0 Å². The van der Waals surface area contributed by atoms with Crippen LogP contribution in [0.1, 0.15) is 47.5 Å². The average Bonchev–Trinajstić information content (AvgIpc) is 2.24. The summed E-state index contributed by atoms with van der Waals surface area (Å²) in [5.41, 5.74) is 2.71. The van der Waals surface area contributed by atoms with E-state index in [-0.39, 0.29) is 11.0 Å². The smallest absolute Gasteiger partial charge is 0.101 e. The number of hydrogen-bond acceptors (Lipinski definition) is 2. The number of hydrogen-bond donors (Lipinski definition) is 3. The van der Waals surface area contributed by atoms with E-state index in [1.807, 2.05) is 0 Å². The summed E-state index contributed by atoms with van der Waals surface area (Å²) >= 11 is 0. The summed E-state index contributed by atoms with van der Waals surface area (Å²) in [6.45, 7) is 10.8. The number of nitrogens with one attached hydrogen (secondary N) is 3. The van der Waals surface area contributed by atoms with Gasteiger partial charge in [0.1, 0.15) is 6.34 Å². The largest absolute Gasteiger partial charge is 0.290 e. The second kappa shape index (κ2) is 5.14. The van der Waals surface area contributed by atoms with Gasteiger partial charge in [-0.1, -0.05) is 27.7 Å². The van der Waals surface area contributed by atoms with Gasteiger partial charge in [-0.25, -0.2) is 0 Å². The molecule has 0 aromatic carbocycles. The monoisotopic (exact) mass is 212 g/mol. The lowest BCUT2D eigenvalue weighted by Gasteiger charge is -2.49. The molecule has 0 rings (SSSR count). The Morgan fingerprint density at radius 2 is 1.67 bits per heavy atom. The fourth-order valence-corrected chi connectivity index (χ4v) is 1.75. The lowest BCUT2D eigenvalue weighted by Crippen LogP contribution is -2.59. The summed E-state index contributed by atoms with van der Waals surface area (Å²) in [7, 11) is 0. The van der Waals surface area contributed by atoms with Crippen LogP contribution in [-0.2, 0) is 0 Å². The molecule has 0 aromatic heterocycles. The minimum absolute atomic E-state index is 0.0787. The molecule has 1 atom stereocenters. The topological polar surface area (TPSA) is 63.0 Å². The Bertz CT molecular complexity index is 225. The van der Waals surface area contributed by atoms with E-state index in [0.29, 0.717) is 0 Å². The summed E-state index contributed by atoms with van der Waals surface area (Å²) < 4.78 is 0. The van der Waals surface area contributed by atoms with Crippen molar-refractivity contribution in [2.75, 3.05) is 0 Å². The highest BCUT2D eigenvalue weighted by atomic mass is 15.5. The van der Waals surface area contributed by atoms with Gasteiger partial charge in [0, 0.05) is 0 Å². The van der Waals surface area contributed by atoms with Crippen LogP contribution >= 0.6 is 0 Å². The van der Waals surface area contributed by atoms with Crippen molar-refractivity contribution in [2.45, 2.75) is 53.0 Å². The first-order valence-electron chi connectivity index (χ1n) is 5.44. The van der Waals surface area contributed by atoms with Crippen LogP contribution in [0, 0.1) is 16.2 Å². The molecule has 0 saturated heterocycles. The van der Waals surface area contributed by atoms with Gasteiger partial charge >= 0.3 is 0 Å². The molecule has 0 bridgehead atoms. The Morgan fingerprint density at radius 3 is 1.93 bits per heavy atom. The number of rotatable bonds is 7. The average molecular weight is 212 g/mol. The highest BCUT2D eigenvalue weighted by Crippen LogP contribution is 2.39. The van der Waals surface area contributed by atoms with E-state index in [1.165, 1.54) is 6.34 Å². The SMILES string of the molecule is CCC(C)(C)C(C)(CC)N(C=N)NC=N. The molecule has 0 heterocycles. The molecule has 0 radical (unpaired) electrons. The number of nitrogens with zero attached hydrogens (tertiary/aromatic N) is 1. The molecule has 0 aliphatic heterocycles. The van der Waals surface area contributed by atoms with Gasteiger partial charge in [0.25, 0.3) is 0 Å². The van der Waals surface area contributed by atoms with Crippen LogP contribution in [0.5, 0.6) is 0 Å². The first kappa shape index (κ1) is 13.9. The van der Waals surface area contributed by atoms with Gasteiger partial charge in [-0.2, -0.15) is 0 Å². The normalized spacial score (nSPS) is 15.3. The van der Waals surface area contributed by atoms with Gasteiger partial charge in [-0.15, -0.1) is 0 Å². The molecule has 0 amide bonds. The standard InChI is InChI=1S/C11H24N4/c1-6-10(3,4)11(5,7-2)15(9-13)14-8-12/h8-9,13H,6-7H2,1-5H3,(H2,12,14). The van der Waals surface area contributed by atoms with Gasteiger partial charge < -0.3 is 0 Å². The van der Waals surface area contributed by atoms with E-state index in [4.69, 9.17) is 10.8 Å². The van der Waals surface area contributed by atoms with Crippen LogP contribution in [0.25, 0.3) is 0 Å². The fraction of sp³-hybridized carbons (Fsp3) is 0.818. The third kappa shape index (κ3) is 2.49. The van der Waals surface area contributed by atoms with Crippen LogP contribution in [-0.4, -0.2) is 23.2 Å². The molecule has 0 aliphatic rings. The highest BCUT2D eigenvalue weighted by Gasteiger charge is 2.42. The van der Waals surface area contributed by atoms with E-state index in [0.717, 1.165) is 19.2 Å². The Hall–Kier alpha value is -1.06. The quantitative estimate of drug-likeness (QED) is 0.345. The van der Waals surface area contributed by atoms with Gasteiger partial charge in [0.05, 0.1) is 11.9 Å². The summed E-state index contributed by atoms with van der Waals surface area (Å²) in [6.07, 6.45) is 4.32. The molecule has 88 valence electrons. The maximum atomic E-state index is 7.41. The van der Waals surface area contributed by atoms with Crippen molar-refractivity contribution in [3.8, 4) is 0 Å². The molecule has 1 unspecified atom stereocenters. The van der Waals surface area contributed by atoms with Crippen molar-refractivity contribution >= 4 is 12.7 Å². The predicted molar refractivity (Wildman–Crippen MR) is 65.3 cm³/mol. The van der Waals surface area contributed by atoms with E-state index in [1.54, 1.807) is 5.01 Å². The lowest BCUT2D eigenvalue weighted by atomic mass is 9.69. The minimum Gasteiger partial charge on any atom is -0.290 e. The Morgan fingerprint density at radius 1 is 1.13 bits per heavy atom. The summed E-state index contributed by atoms with van der Waals surface area (Å²) in [4.78, 5) is 0. The maximum absolute atomic E-state index is 7.41. The van der Waals surface area contributed by atoms with Gasteiger partial charge in [-0.05, 0) is 25.2 Å². The van der Waals surface area contributed by atoms with Gasteiger partial charge in [0.15, 0.2) is 0 Å². The first-order valence-corrected chi connectivity index (χ1v) is 5.44. The van der Waals surface area contributed by atoms with Crippen LogP contribution < -0.4 is 5.43 Å². The zero-order valence-corrected chi connectivity index (χ0v) is 10.5. The van der Waals surface area contributed by atoms with Gasteiger partial charge in [-0.3, -0.25) is 21.3 Å². The zero-order chi connectivity index (χ0) is 12.1. The molecule has 3 N–H and O–H groups in total. The molecule has 15 heavy (non-hydrogen) atoms. The molecule has 4 heteroatoms. The summed E-state index contributed by atoms with van der Waals surface area (Å²) in [5.74, 6) is 0. The lowest BCUT2D eigenvalue weighted by molar-refractivity contribution is 0.0275. The van der Waals surface area contributed by atoms with Crippen molar-refractivity contribution in [1.29, 1.82) is 10.8 Å². The molecule has 4 nitrogen and oxygen atoms in total. The molecule has 0 saturated carbocycles. The van der Waals surface area contributed by atoms with Crippen molar-refractivity contribution in [2.24, 2.45) is 5.41 Å². The number of hydrazine groups is 1. The van der Waals surface area contributed by atoms with Crippen LogP contribution in [0.4, 0.5) is 0 Å². The molecular formula is C11H24N4. The van der Waals surface area contributed by atoms with Crippen LogP contribution in [0.3, 0.4) is 0 Å².